The molecule has 1 rings (SSSR count). The number of H-pyrrole nitrogens is 1. The fraction of sp³-hybridized carbons (Fsp3) is 0.632. The van der Waals surface area contributed by atoms with Gasteiger partial charge >= 0.3 is 5.97 Å². The minimum absolute atomic E-state index is 0.0162. The summed E-state index contributed by atoms with van der Waals surface area (Å²) in [6, 6.07) is -2.89. The molecule has 13 heteroatoms. The predicted molar refractivity (Wildman–Crippen MR) is 121 cm³/mol. The second-order valence-corrected chi connectivity index (χ2v) is 8.18. The monoisotopic (exact) mass is 471 g/mol. The average molecular weight is 472 g/mol. The number of thioether (sulfide) groups is 1. The van der Waals surface area contributed by atoms with Crippen LogP contribution in [0.5, 0.6) is 0 Å². The molecule has 0 bridgehead atoms. The maximum Gasteiger partial charge on any atom is 0.326 e. The summed E-state index contributed by atoms with van der Waals surface area (Å²) in [6.07, 6.45) is 6.96. The van der Waals surface area contributed by atoms with E-state index in [4.69, 9.17) is 11.5 Å². The smallest absolute Gasteiger partial charge is 0.326 e. The van der Waals surface area contributed by atoms with E-state index in [1.54, 1.807) is 0 Å². The molecule has 3 unspecified atom stereocenters. The topological polar surface area (TPSA) is 205 Å². The van der Waals surface area contributed by atoms with Crippen LogP contribution in [-0.4, -0.2) is 82.0 Å². The van der Waals surface area contributed by atoms with Gasteiger partial charge in [-0.2, -0.15) is 11.8 Å². The lowest BCUT2D eigenvalue weighted by molar-refractivity contribution is -0.142. The SMILES string of the molecule is CSCCC(NC(=O)CNC(=O)C(N)CCCCN)C(=O)NC(Cc1cnc[nH]1)C(=O)O. The molecule has 0 spiro atoms. The molecule has 0 aliphatic carbocycles. The highest BCUT2D eigenvalue weighted by atomic mass is 32.2. The van der Waals surface area contributed by atoms with Gasteiger partial charge in [0.1, 0.15) is 12.1 Å². The molecule has 0 fully saturated rings. The van der Waals surface area contributed by atoms with Crippen LogP contribution in [0.4, 0.5) is 0 Å². The lowest BCUT2D eigenvalue weighted by atomic mass is 10.1. The molecule has 0 radical (unpaired) electrons. The third-order valence-electron chi connectivity index (χ3n) is 4.59. The van der Waals surface area contributed by atoms with Gasteiger partial charge in [-0.1, -0.05) is 6.42 Å². The number of unbranched alkanes of at least 4 members (excludes halogenated alkanes) is 1. The number of nitrogens with one attached hydrogen (secondary N) is 4. The van der Waals surface area contributed by atoms with Gasteiger partial charge in [0.25, 0.3) is 0 Å². The Morgan fingerprint density at radius 3 is 2.50 bits per heavy atom. The van der Waals surface area contributed by atoms with Crippen molar-refractivity contribution in [3.05, 3.63) is 18.2 Å². The number of hydrogen-bond donors (Lipinski definition) is 7. The van der Waals surface area contributed by atoms with Crippen molar-refractivity contribution in [1.29, 1.82) is 0 Å². The standard InChI is InChI=1S/C19H33N7O5S/c1-32-7-5-14(18(29)26-15(19(30)31)8-12-9-22-11-24-12)25-16(27)10-23-17(28)13(21)4-2-3-6-20/h9,11,13-15H,2-8,10,20-21H2,1H3,(H,22,24)(H,23,28)(H,25,27)(H,26,29)(H,30,31). The van der Waals surface area contributed by atoms with Crippen LogP contribution < -0.4 is 27.4 Å². The van der Waals surface area contributed by atoms with Gasteiger partial charge in [0.05, 0.1) is 18.9 Å². The Morgan fingerprint density at radius 2 is 1.91 bits per heavy atom. The van der Waals surface area contributed by atoms with Crippen LogP contribution in [0.1, 0.15) is 31.4 Å². The maximum atomic E-state index is 12.7. The number of aromatic nitrogens is 2. The lowest BCUT2D eigenvalue weighted by Crippen LogP contribution is -2.54. The molecule has 32 heavy (non-hydrogen) atoms. The zero-order valence-electron chi connectivity index (χ0n) is 18.1. The van der Waals surface area contributed by atoms with Crippen molar-refractivity contribution >= 4 is 35.5 Å². The summed E-state index contributed by atoms with van der Waals surface area (Å²) in [5.74, 6) is -2.31. The first kappa shape index (κ1) is 27.4. The van der Waals surface area contributed by atoms with Crippen molar-refractivity contribution in [2.75, 3.05) is 25.1 Å². The molecule has 0 aromatic carbocycles. The number of carboxylic acids is 1. The Balaban J connectivity index is 2.61. The summed E-state index contributed by atoms with van der Waals surface area (Å²) in [6.45, 7) is 0.170. The summed E-state index contributed by atoms with van der Waals surface area (Å²) >= 11 is 1.48. The summed E-state index contributed by atoms with van der Waals surface area (Å²) in [5.41, 5.74) is 11.7. The molecule has 180 valence electrons. The van der Waals surface area contributed by atoms with Gasteiger partial charge in [-0.3, -0.25) is 14.4 Å². The zero-order chi connectivity index (χ0) is 23.9. The molecule has 3 amide bonds. The second-order valence-electron chi connectivity index (χ2n) is 7.19. The fourth-order valence-electron chi connectivity index (χ4n) is 2.78. The lowest BCUT2D eigenvalue weighted by Gasteiger charge is -2.21. The fourth-order valence-corrected chi connectivity index (χ4v) is 3.25. The number of hydrogen-bond acceptors (Lipinski definition) is 8. The molecular formula is C19H33N7O5S. The number of carbonyl (C=O) groups excluding carboxylic acids is 3. The van der Waals surface area contributed by atoms with Crippen molar-refractivity contribution in [3.8, 4) is 0 Å². The molecule has 9 N–H and O–H groups in total. The highest BCUT2D eigenvalue weighted by molar-refractivity contribution is 7.98. The minimum atomic E-state index is -1.21. The van der Waals surface area contributed by atoms with Crippen LogP contribution in [0.25, 0.3) is 0 Å². The van der Waals surface area contributed by atoms with E-state index in [1.807, 2.05) is 6.26 Å². The number of carbonyl (C=O) groups is 4. The van der Waals surface area contributed by atoms with Crippen LogP contribution in [0.15, 0.2) is 12.5 Å². The van der Waals surface area contributed by atoms with Gasteiger partial charge in [0.15, 0.2) is 0 Å². The number of amides is 3. The first-order valence-electron chi connectivity index (χ1n) is 10.3. The van der Waals surface area contributed by atoms with Crippen LogP contribution in [0, 0.1) is 0 Å². The van der Waals surface area contributed by atoms with Gasteiger partial charge in [0.2, 0.25) is 17.7 Å². The Morgan fingerprint density at radius 1 is 1.16 bits per heavy atom. The van der Waals surface area contributed by atoms with Gasteiger partial charge in [-0.25, -0.2) is 9.78 Å². The Labute approximate surface area is 191 Å². The molecule has 0 aliphatic rings. The van der Waals surface area contributed by atoms with E-state index in [0.29, 0.717) is 37.3 Å². The average Bonchev–Trinajstić information content (AvgIpc) is 3.27. The van der Waals surface area contributed by atoms with Crippen LogP contribution >= 0.6 is 11.8 Å². The number of rotatable bonds is 16. The molecule has 3 atom stereocenters. The van der Waals surface area contributed by atoms with Gasteiger partial charge in [-0.15, -0.1) is 0 Å². The molecule has 1 aromatic heterocycles. The van der Waals surface area contributed by atoms with Gasteiger partial charge < -0.3 is 37.5 Å². The van der Waals surface area contributed by atoms with Gasteiger partial charge in [-0.05, 0) is 37.8 Å². The van der Waals surface area contributed by atoms with Crippen molar-refractivity contribution < 1.29 is 24.3 Å². The third-order valence-corrected chi connectivity index (χ3v) is 5.23. The Hall–Kier alpha value is -2.64. The predicted octanol–water partition coefficient (Wildman–Crippen LogP) is -1.67. The van der Waals surface area contributed by atoms with E-state index in [0.717, 1.165) is 6.42 Å². The highest BCUT2D eigenvalue weighted by Crippen LogP contribution is 2.04. The second kappa shape index (κ2) is 15.2. The number of aromatic amines is 1. The van der Waals surface area contributed by atoms with E-state index in [2.05, 4.69) is 25.9 Å². The number of imidazole rings is 1. The Bertz CT molecular complexity index is 732. The quantitative estimate of drug-likeness (QED) is 0.137. The first-order chi connectivity index (χ1) is 15.3. The van der Waals surface area contributed by atoms with Crippen molar-refractivity contribution in [2.24, 2.45) is 11.5 Å². The molecule has 0 aliphatic heterocycles. The van der Waals surface area contributed by atoms with Gasteiger partial charge in [0, 0.05) is 18.3 Å². The molecule has 1 aromatic rings. The van der Waals surface area contributed by atoms with E-state index >= 15 is 0 Å². The first-order valence-corrected chi connectivity index (χ1v) is 11.7. The number of nitrogens with zero attached hydrogens (tertiary/aromatic N) is 1. The highest BCUT2D eigenvalue weighted by Gasteiger charge is 2.27. The molecular weight excluding hydrogens is 438 g/mol. The summed E-state index contributed by atoms with van der Waals surface area (Å²) in [7, 11) is 0. The van der Waals surface area contributed by atoms with Crippen LogP contribution in [-0.2, 0) is 25.6 Å². The largest absolute Gasteiger partial charge is 0.480 e. The van der Waals surface area contributed by atoms with E-state index in [1.165, 1.54) is 24.3 Å². The molecule has 1 heterocycles. The molecule has 0 saturated carbocycles. The van der Waals surface area contributed by atoms with E-state index < -0.39 is 41.8 Å². The number of aliphatic carboxylic acids is 1. The van der Waals surface area contributed by atoms with E-state index in [-0.39, 0.29) is 13.0 Å². The maximum absolute atomic E-state index is 12.7. The van der Waals surface area contributed by atoms with Crippen molar-refractivity contribution in [2.45, 2.75) is 50.2 Å². The van der Waals surface area contributed by atoms with Crippen LogP contribution in [0.2, 0.25) is 0 Å². The summed E-state index contributed by atoms with van der Waals surface area (Å²) in [4.78, 5) is 55.1. The molecule has 12 nitrogen and oxygen atoms in total. The number of nitrogens with two attached hydrogens (primary N) is 2. The zero-order valence-corrected chi connectivity index (χ0v) is 19.0. The normalized spacial score (nSPS) is 13.6. The van der Waals surface area contributed by atoms with E-state index in [9.17, 15) is 24.3 Å². The Kier molecular flexibility index (Phi) is 13.0. The third kappa shape index (κ3) is 10.6. The summed E-state index contributed by atoms with van der Waals surface area (Å²) in [5, 5.41) is 16.9. The summed E-state index contributed by atoms with van der Waals surface area (Å²) < 4.78 is 0. The minimum Gasteiger partial charge on any atom is -0.480 e. The van der Waals surface area contributed by atoms with Crippen molar-refractivity contribution in [1.82, 2.24) is 25.9 Å². The molecule has 0 saturated heterocycles. The van der Waals surface area contributed by atoms with Crippen molar-refractivity contribution in [3.63, 3.8) is 0 Å². The van der Waals surface area contributed by atoms with Crippen LogP contribution in [0.3, 0.4) is 0 Å². The number of carboxylic acid groups (broad SMARTS) is 1.